The molecule has 0 bridgehead atoms. The third kappa shape index (κ3) is 5.60. The summed E-state index contributed by atoms with van der Waals surface area (Å²) >= 11 is 1.25. The number of amidine groups is 1. The Balaban J connectivity index is 1.24. The van der Waals surface area contributed by atoms with Gasteiger partial charge in [0, 0.05) is 44.0 Å². The zero-order valence-corrected chi connectivity index (χ0v) is 21.3. The number of para-hydroxylation sites is 1. The Kier molecular flexibility index (Phi) is 7.50. The van der Waals surface area contributed by atoms with Crippen LogP contribution in [0.1, 0.15) is 5.56 Å². The first-order valence-corrected chi connectivity index (χ1v) is 13.1. The van der Waals surface area contributed by atoms with Crippen LogP contribution in [0.3, 0.4) is 0 Å². The summed E-state index contributed by atoms with van der Waals surface area (Å²) in [6, 6.07) is 25.3. The van der Waals surface area contributed by atoms with Crippen LogP contribution in [0.25, 0.3) is 6.08 Å². The summed E-state index contributed by atoms with van der Waals surface area (Å²) in [6.45, 7) is 2.36. The summed E-state index contributed by atoms with van der Waals surface area (Å²) in [7, 11) is 0. The van der Waals surface area contributed by atoms with Gasteiger partial charge in [-0.05, 0) is 35.9 Å². The van der Waals surface area contributed by atoms with Crippen molar-refractivity contribution in [2.24, 2.45) is 4.99 Å². The van der Waals surface area contributed by atoms with Gasteiger partial charge in [0.1, 0.15) is 5.70 Å². The van der Waals surface area contributed by atoms with Crippen molar-refractivity contribution in [3.63, 3.8) is 0 Å². The van der Waals surface area contributed by atoms with Gasteiger partial charge in [-0.1, -0.05) is 60.3 Å². The lowest BCUT2D eigenvalue weighted by molar-refractivity contribution is -0.384. The van der Waals surface area contributed by atoms with Crippen molar-refractivity contribution < 1.29 is 14.5 Å². The molecule has 192 valence electrons. The van der Waals surface area contributed by atoms with Crippen molar-refractivity contribution in [1.82, 2.24) is 4.90 Å². The first kappa shape index (κ1) is 25.2. The van der Waals surface area contributed by atoms with Crippen LogP contribution in [0.15, 0.2) is 95.6 Å². The van der Waals surface area contributed by atoms with Gasteiger partial charge in [0.2, 0.25) is 5.91 Å². The average molecular weight is 528 g/mol. The number of nitro groups is 1. The maximum absolute atomic E-state index is 13.3. The Morgan fingerprint density at radius 2 is 1.53 bits per heavy atom. The number of piperazine rings is 1. The number of aliphatic imine (C=N–C) groups is 1. The number of carbonyl (C=O) groups is 2. The molecule has 1 saturated heterocycles. The second kappa shape index (κ2) is 11.3. The molecule has 2 aliphatic heterocycles. The number of rotatable bonds is 6. The molecule has 3 aromatic rings. The molecule has 0 aromatic heterocycles. The highest BCUT2D eigenvalue weighted by Gasteiger charge is 2.33. The topological polar surface area (TPSA) is 99.4 Å². The van der Waals surface area contributed by atoms with Gasteiger partial charge in [-0.25, -0.2) is 4.99 Å². The summed E-state index contributed by atoms with van der Waals surface area (Å²) in [5.41, 5.74) is 2.85. The lowest BCUT2D eigenvalue weighted by Gasteiger charge is -2.36. The fourth-order valence-electron chi connectivity index (χ4n) is 4.32. The number of carbonyl (C=O) groups excluding carboxylic acids is 2. The van der Waals surface area contributed by atoms with Gasteiger partial charge < -0.3 is 9.80 Å². The van der Waals surface area contributed by atoms with Gasteiger partial charge in [0.15, 0.2) is 5.17 Å². The van der Waals surface area contributed by atoms with Crippen molar-refractivity contribution in [2.75, 3.05) is 41.7 Å². The molecule has 0 spiro atoms. The Morgan fingerprint density at radius 3 is 2.16 bits per heavy atom. The molecule has 38 heavy (non-hydrogen) atoms. The number of nitro benzene ring substituents is 1. The maximum Gasteiger partial charge on any atom is 0.283 e. The van der Waals surface area contributed by atoms with Gasteiger partial charge in [0.05, 0.1) is 16.4 Å². The van der Waals surface area contributed by atoms with Crippen molar-refractivity contribution in [3.05, 3.63) is 106 Å². The average Bonchev–Trinajstić information content (AvgIpc) is 3.27. The summed E-state index contributed by atoms with van der Waals surface area (Å²) in [5, 5.41) is 11.4. The van der Waals surface area contributed by atoms with Crippen LogP contribution >= 0.6 is 11.8 Å². The van der Waals surface area contributed by atoms with Gasteiger partial charge in [-0.15, -0.1) is 0 Å². The van der Waals surface area contributed by atoms with E-state index in [9.17, 15) is 19.7 Å². The van der Waals surface area contributed by atoms with Crippen LogP contribution in [-0.4, -0.2) is 58.7 Å². The largest absolute Gasteiger partial charge is 0.368 e. The van der Waals surface area contributed by atoms with E-state index in [1.807, 2.05) is 60.7 Å². The van der Waals surface area contributed by atoms with E-state index < -0.39 is 4.92 Å². The molecule has 10 heteroatoms. The predicted molar refractivity (Wildman–Crippen MR) is 150 cm³/mol. The van der Waals surface area contributed by atoms with E-state index in [2.05, 4.69) is 9.89 Å². The molecular weight excluding hydrogens is 502 g/mol. The summed E-state index contributed by atoms with van der Waals surface area (Å²) < 4.78 is 0. The molecule has 0 aliphatic carbocycles. The van der Waals surface area contributed by atoms with Crippen LogP contribution in [0, 0.1) is 10.1 Å². The second-order valence-electron chi connectivity index (χ2n) is 8.74. The van der Waals surface area contributed by atoms with Gasteiger partial charge in [-0.2, -0.15) is 0 Å². The Bertz CT molecular complexity index is 1390. The minimum atomic E-state index is -0.417. The molecule has 1 fully saturated rings. The SMILES string of the molecule is O=C(CSC1=N/C(=C/c2ccccc2)C(=O)N1c1ccccc1)N1CCN(c2ccc([N+](=O)[O-])cc2)CC1. The van der Waals surface area contributed by atoms with Crippen molar-refractivity contribution in [1.29, 1.82) is 0 Å². The van der Waals surface area contributed by atoms with E-state index in [-0.39, 0.29) is 23.3 Å². The normalized spacial score (nSPS) is 16.6. The van der Waals surface area contributed by atoms with E-state index >= 15 is 0 Å². The molecular formula is C28H25N5O4S. The van der Waals surface area contributed by atoms with Gasteiger partial charge in [0.25, 0.3) is 11.6 Å². The lowest BCUT2D eigenvalue weighted by atomic mass is 10.2. The molecule has 0 unspecified atom stereocenters. The van der Waals surface area contributed by atoms with Crippen molar-refractivity contribution in [3.8, 4) is 0 Å². The second-order valence-corrected chi connectivity index (χ2v) is 9.68. The number of hydrogen-bond donors (Lipinski definition) is 0. The van der Waals surface area contributed by atoms with E-state index in [1.54, 1.807) is 28.0 Å². The fourth-order valence-corrected chi connectivity index (χ4v) is 5.24. The quantitative estimate of drug-likeness (QED) is 0.267. The number of benzene rings is 3. The fraction of sp³-hybridized carbons (Fsp3) is 0.179. The predicted octanol–water partition coefficient (Wildman–Crippen LogP) is 4.42. The molecule has 0 radical (unpaired) electrons. The molecule has 0 N–H and O–H groups in total. The summed E-state index contributed by atoms with van der Waals surface area (Å²) in [6.07, 6.45) is 1.76. The smallest absolute Gasteiger partial charge is 0.283 e. The lowest BCUT2D eigenvalue weighted by Crippen LogP contribution is -2.49. The molecule has 0 saturated carbocycles. The van der Waals surface area contributed by atoms with Crippen molar-refractivity contribution >= 4 is 51.9 Å². The molecule has 3 aromatic carbocycles. The first-order valence-electron chi connectivity index (χ1n) is 12.1. The van der Waals surface area contributed by atoms with E-state index in [0.29, 0.717) is 42.7 Å². The van der Waals surface area contributed by atoms with Crippen molar-refractivity contribution in [2.45, 2.75) is 0 Å². The van der Waals surface area contributed by atoms with E-state index in [1.165, 1.54) is 23.9 Å². The van der Waals surface area contributed by atoms with E-state index in [4.69, 9.17) is 0 Å². The molecule has 9 nitrogen and oxygen atoms in total. The maximum atomic E-state index is 13.3. The van der Waals surface area contributed by atoms with Crippen LogP contribution < -0.4 is 9.80 Å². The third-order valence-electron chi connectivity index (χ3n) is 6.33. The first-order chi connectivity index (χ1) is 18.5. The summed E-state index contributed by atoms with van der Waals surface area (Å²) in [5.74, 6) is -0.0975. The molecule has 2 amide bonds. The number of amides is 2. The van der Waals surface area contributed by atoms with Crippen LogP contribution in [0.4, 0.5) is 17.1 Å². The Morgan fingerprint density at radius 1 is 0.895 bits per heavy atom. The van der Waals surface area contributed by atoms with E-state index in [0.717, 1.165) is 11.3 Å². The zero-order valence-electron chi connectivity index (χ0n) is 20.5. The van der Waals surface area contributed by atoms with Gasteiger partial charge >= 0.3 is 0 Å². The minimum absolute atomic E-state index is 0.0259. The highest BCUT2D eigenvalue weighted by molar-refractivity contribution is 8.14. The van der Waals surface area contributed by atoms with Gasteiger partial charge in [-0.3, -0.25) is 24.6 Å². The number of hydrogen-bond acceptors (Lipinski definition) is 7. The summed E-state index contributed by atoms with van der Waals surface area (Å²) in [4.78, 5) is 46.9. The van der Waals surface area contributed by atoms with Crippen LogP contribution in [-0.2, 0) is 9.59 Å². The van der Waals surface area contributed by atoms with Crippen LogP contribution in [0.5, 0.6) is 0 Å². The Labute approximate surface area is 224 Å². The zero-order chi connectivity index (χ0) is 26.5. The molecule has 2 heterocycles. The highest BCUT2D eigenvalue weighted by Crippen LogP contribution is 2.29. The third-order valence-corrected chi connectivity index (χ3v) is 7.25. The monoisotopic (exact) mass is 527 g/mol. The number of non-ortho nitro benzene ring substituents is 1. The highest BCUT2D eigenvalue weighted by atomic mass is 32.2. The minimum Gasteiger partial charge on any atom is -0.368 e. The number of thioether (sulfide) groups is 1. The van der Waals surface area contributed by atoms with Crippen LogP contribution in [0.2, 0.25) is 0 Å². The molecule has 5 rings (SSSR count). The molecule has 0 atom stereocenters. The molecule has 2 aliphatic rings. The number of nitrogens with zero attached hydrogens (tertiary/aromatic N) is 5. The Hall–Kier alpha value is -4.44. The number of anilines is 2. The standard InChI is InChI=1S/C28H25N5O4S/c34-26(31-17-15-30(16-18-31)22-11-13-24(14-12-22)33(36)37)20-38-28-29-25(19-21-7-3-1-4-8-21)27(35)32(28)23-9-5-2-6-10-23/h1-14,19H,15-18,20H2/b25-19+.